The first-order chi connectivity index (χ1) is 8.22. The van der Waals surface area contributed by atoms with Crippen LogP contribution < -0.4 is 4.72 Å². The predicted molar refractivity (Wildman–Crippen MR) is 75.4 cm³/mol. The van der Waals surface area contributed by atoms with E-state index in [1.54, 1.807) is 13.1 Å². The van der Waals surface area contributed by atoms with Crippen LogP contribution in [0.5, 0.6) is 0 Å². The molecule has 0 aliphatic carbocycles. The fraction of sp³-hybridized carbons (Fsp3) is 0.727. The summed E-state index contributed by atoms with van der Waals surface area (Å²) in [7, 11) is -3.52. The molecule has 0 aliphatic rings. The van der Waals surface area contributed by atoms with Gasteiger partial charge in [-0.15, -0.1) is 0 Å². The zero-order valence-corrected chi connectivity index (χ0v) is 13.6. The van der Waals surface area contributed by atoms with Crippen LogP contribution in [0, 0.1) is 12.3 Å². The summed E-state index contributed by atoms with van der Waals surface area (Å²) < 4.78 is 28.6. The molecule has 0 radical (unpaired) electrons. The molecule has 0 unspecified atom stereocenters. The van der Waals surface area contributed by atoms with Crippen LogP contribution in [0.25, 0.3) is 0 Å². The summed E-state index contributed by atoms with van der Waals surface area (Å²) in [4.78, 5) is 4.08. The Morgan fingerprint density at radius 1 is 1.50 bits per heavy atom. The number of nitrogens with zero attached hydrogens (tertiary/aromatic N) is 2. The largest absolute Gasteiger partial charge is 0.334 e. The minimum absolute atomic E-state index is 0.0900. The maximum absolute atomic E-state index is 12.1. The van der Waals surface area contributed by atoms with Gasteiger partial charge in [-0.05, 0) is 19.3 Å². The van der Waals surface area contributed by atoms with Crippen molar-refractivity contribution in [3.63, 3.8) is 0 Å². The first-order valence-corrected chi connectivity index (χ1v) is 8.42. The fourth-order valence-electron chi connectivity index (χ4n) is 1.34. The molecule has 1 aromatic rings. The van der Waals surface area contributed by atoms with E-state index >= 15 is 0 Å². The summed E-state index contributed by atoms with van der Waals surface area (Å²) in [6, 6.07) is 0. The minimum Gasteiger partial charge on any atom is -0.334 e. The molecule has 18 heavy (non-hydrogen) atoms. The summed E-state index contributed by atoms with van der Waals surface area (Å²) in [5.74, 6) is 0.706. The van der Waals surface area contributed by atoms with E-state index in [2.05, 4.69) is 25.6 Å². The third-order valence-corrected chi connectivity index (χ3v) is 5.46. The van der Waals surface area contributed by atoms with Gasteiger partial charge in [0.2, 0.25) is 0 Å². The topological polar surface area (TPSA) is 64.0 Å². The minimum atomic E-state index is -3.52. The molecule has 0 aliphatic heterocycles. The van der Waals surface area contributed by atoms with Crippen LogP contribution in [0.3, 0.4) is 0 Å². The van der Waals surface area contributed by atoms with Gasteiger partial charge >= 0.3 is 0 Å². The molecule has 0 saturated carbocycles. The highest BCUT2D eigenvalue weighted by molar-refractivity contribution is 9.09. The number of sulfonamides is 1. The number of alkyl halides is 1. The molecule has 0 atom stereocenters. The maximum atomic E-state index is 12.1. The van der Waals surface area contributed by atoms with Crippen LogP contribution in [0.1, 0.15) is 26.6 Å². The monoisotopic (exact) mass is 337 g/mol. The molecule has 104 valence electrons. The zero-order chi connectivity index (χ0) is 14.0. The molecule has 0 amide bonds. The molecular weight excluding hydrogens is 318 g/mol. The van der Waals surface area contributed by atoms with Gasteiger partial charge in [-0.2, -0.15) is 0 Å². The van der Waals surface area contributed by atoms with Gasteiger partial charge in [0.05, 0.1) is 0 Å². The summed E-state index contributed by atoms with van der Waals surface area (Å²) in [5, 5.41) is 0.817. The maximum Gasteiger partial charge on any atom is 0.259 e. The van der Waals surface area contributed by atoms with Crippen LogP contribution >= 0.6 is 15.9 Å². The molecule has 5 nitrogen and oxygen atoms in total. The highest BCUT2D eigenvalue weighted by atomic mass is 79.9. The fourth-order valence-corrected chi connectivity index (χ4v) is 2.79. The van der Waals surface area contributed by atoms with E-state index < -0.39 is 10.0 Å². The number of aromatic nitrogens is 2. The lowest BCUT2D eigenvalue weighted by atomic mass is 9.98. The number of hydrogen-bond donors (Lipinski definition) is 1. The molecular formula is C11H20BrN3O2S. The molecule has 0 fully saturated rings. The number of rotatable bonds is 6. The van der Waals surface area contributed by atoms with Gasteiger partial charge in [0.15, 0.2) is 5.03 Å². The van der Waals surface area contributed by atoms with Crippen molar-refractivity contribution in [3.8, 4) is 0 Å². The lowest BCUT2D eigenvalue weighted by Gasteiger charge is -2.21. The summed E-state index contributed by atoms with van der Waals surface area (Å²) >= 11 is 3.37. The molecule has 7 heteroatoms. The Bertz CT molecular complexity index is 508. The van der Waals surface area contributed by atoms with Crippen LogP contribution in [-0.4, -0.2) is 29.8 Å². The van der Waals surface area contributed by atoms with Crippen molar-refractivity contribution in [3.05, 3.63) is 12.0 Å². The van der Waals surface area contributed by atoms with Crippen molar-refractivity contribution >= 4 is 26.0 Å². The van der Waals surface area contributed by atoms with E-state index in [4.69, 9.17) is 0 Å². The standard InChI is InChI=1S/C11H20BrN3O2S/c1-5-15-6-10(14-9(15)2)18(16,17)13-8-11(3,4)7-12/h6,13H,5,7-8H2,1-4H3. The average Bonchev–Trinajstić information content (AvgIpc) is 2.69. The van der Waals surface area contributed by atoms with Crippen molar-refractivity contribution in [2.45, 2.75) is 39.3 Å². The van der Waals surface area contributed by atoms with Crippen molar-refractivity contribution in [1.82, 2.24) is 14.3 Å². The van der Waals surface area contributed by atoms with E-state index in [1.807, 2.05) is 25.3 Å². The Morgan fingerprint density at radius 2 is 2.11 bits per heavy atom. The normalized spacial score (nSPS) is 12.9. The Balaban J connectivity index is 2.86. The number of nitrogens with one attached hydrogen (secondary N) is 1. The first-order valence-electron chi connectivity index (χ1n) is 5.81. The van der Waals surface area contributed by atoms with Gasteiger partial charge in [0.25, 0.3) is 10.0 Å². The lowest BCUT2D eigenvalue weighted by Crippen LogP contribution is -2.35. The van der Waals surface area contributed by atoms with Gasteiger partial charge in [-0.25, -0.2) is 18.1 Å². The SMILES string of the molecule is CCn1cc(S(=O)(=O)NCC(C)(C)CBr)nc1C. The molecule has 1 N–H and O–H groups in total. The second-order valence-electron chi connectivity index (χ2n) is 5.03. The van der Waals surface area contributed by atoms with E-state index in [0.29, 0.717) is 18.9 Å². The summed E-state index contributed by atoms with van der Waals surface area (Å²) in [6.45, 7) is 8.80. The molecule has 0 aromatic carbocycles. The molecule has 1 rings (SSSR count). The molecule has 0 spiro atoms. The quantitative estimate of drug-likeness (QED) is 0.806. The second-order valence-corrected chi connectivity index (χ2v) is 7.31. The number of hydrogen-bond acceptors (Lipinski definition) is 3. The lowest BCUT2D eigenvalue weighted by molar-refractivity contribution is 0.419. The highest BCUT2D eigenvalue weighted by Gasteiger charge is 2.23. The second kappa shape index (κ2) is 5.71. The Labute approximate surface area is 117 Å². The van der Waals surface area contributed by atoms with Crippen LogP contribution in [0.4, 0.5) is 0 Å². The Morgan fingerprint density at radius 3 is 2.56 bits per heavy atom. The molecule has 1 heterocycles. The van der Waals surface area contributed by atoms with E-state index in [-0.39, 0.29) is 10.4 Å². The average molecular weight is 338 g/mol. The zero-order valence-electron chi connectivity index (χ0n) is 11.2. The smallest absolute Gasteiger partial charge is 0.259 e. The Kier molecular flexibility index (Phi) is 4.97. The van der Waals surface area contributed by atoms with Gasteiger partial charge < -0.3 is 4.57 Å². The Hall–Kier alpha value is -0.400. The van der Waals surface area contributed by atoms with Gasteiger partial charge in [-0.1, -0.05) is 29.8 Å². The van der Waals surface area contributed by atoms with E-state index in [9.17, 15) is 8.42 Å². The van der Waals surface area contributed by atoms with Crippen LogP contribution in [-0.2, 0) is 16.6 Å². The predicted octanol–water partition coefficient (Wildman–Crippen LogP) is 1.91. The summed E-state index contributed by atoms with van der Waals surface area (Å²) in [5.41, 5.74) is -0.130. The van der Waals surface area contributed by atoms with Crippen molar-refractivity contribution in [2.24, 2.45) is 5.41 Å². The van der Waals surface area contributed by atoms with Crippen molar-refractivity contribution < 1.29 is 8.42 Å². The van der Waals surface area contributed by atoms with Gasteiger partial charge in [0.1, 0.15) is 5.82 Å². The number of aryl methyl sites for hydroxylation is 2. The third kappa shape index (κ3) is 3.80. The third-order valence-electron chi connectivity index (χ3n) is 2.67. The van der Waals surface area contributed by atoms with Crippen LogP contribution in [0.2, 0.25) is 0 Å². The van der Waals surface area contributed by atoms with Crippen molar-refractivity contribution in [2.75, 3.05) is 11.9 Å². The summed E-state index contributed by atoms with van der Waals surface area (Å²) in [6.07, 6.45) is 1.57. The molecule has 1 aromatic heterocycles. The number of imidazole rings is 1. The first kappa shape index (κ1) is 15.7. The van der Waals surface area contributed by atoms with Crippen molar-refractivity contribution in [1.29, 1.82) is 0 Å². The van der Waals surface area contributed by atoms with Gasteiger partial charge in [-0.3, -0.25) is 0 Å². The van der Waals surface area contributed by atoms with Gasteiger partial charge in [0, 0.05) is 24.6 Å². The molecule has 0 saturated heterocycles. The highest BCUT2D eigenvalue weighted by Crippen LogP contribution is 2.18. The van der Waals surface area contributed by atoms with E-state index in [0.717, 1.165) is 5.33 Å². The van der Waals surface area contributed by atoms with E-state index in [1.165, 1.54) is 0 Å². The number of halogens is 1. The molecule has 0 bridgehead atoms. The van der Waals surface area contributed by atoms with Crippen LogP contribution in [0.15, 0.2) is 11.2 Å².